The van der Waals surface area contributed by atoms with Crippen LogP contribution in [0.1, 0.15) is 11.1 Å². The van der Waals surface area contributed by atoms with E-state index in [2.05, 4.69) is 15.9 Å². The van der Waals surface area contributed by atoms with Gasteiger partial charge in [-0.05, 0) is 35.4 Å². The second kappa shape index (κ2) is 6.70. The number of sulfonamides is 1. The molecule has 0 bridgehead atoms. The average Bonchev–Trinajstić information content (AvgIpc) is 2.47. The maximum Gasteiger partial charge on any atom is 0.243 e. The van der Waals surface area contributed by atoms with E-state index < -0.39 is 10.0 Å². The molecule has 4 nitrogen and oxygen atoms in total. The summed E-state index contributed by atoms with van der Waals surface area (Å²) in [5, 5.41) is 9.12. The lowest BCUT2D eigenvalue weighted by Gasteiger charge is -2.18. The smallest absolute Gasteiger partial charge is 0.243 e. The van der Waals surface area contributed by atoms with Crippen LogP contribution < -0.4 is 0 Å². The zero-order valence-electron chi connectivity index (χ0n) is 11.5. The number of aliphatic hydroxyl groups excluding tert-OH is 1. The zero-order chi connectivity index (χ0) is 15.5. The van der Waals surface area contributed by atoms with Gasteiger partial charge in [0.1, 0.15) is 0 Å². The van der Waals surface area contributed by atoms with Crippen LogP contribution in [-0.2, 0) is 23.2 Å². The van der Waals surface area contributed by atoms with E-state index in [1.807, 2.05) is 24.3 Å². The van der Waals surface area contributed by atoms with Crippen LogP contribution in [-0.4, -0.2) is 24.9 Å². The summed E-state index contributed by atoms with van der Waals surface area (Å²) in [6.07, 6.45) is 0. The first-order chi connectivity index (χ1) is 9.93. The van der Waals surface area contributed by atoms with Gasteiger partial charge in [0.2, 0.25) is 10.0 Å². The normalized spacial score (nSPS) is 11.8. The largest absolute Gasteiger partial charge is 0.392 e. The highest BCUT2D eigenvalue weighted by atomic mass is 79.9. The van der Waals surface area contributed by atoms with Gasteiger partial charge in [0, 0.05) is 18.1 Å². The maximum absolute atomic E-state index is 12.5. The Balaban J connectivity index is 2.26. The third-order valence-electron chi connectivity index (χ3n) is 3.08. The number of aliphatic hydroxyl groups is 1. The molecule has 0 amide bonds. The summed E-state index contributed by atoms with van der Waals surface area (Å²) in [6.45, 7) is 0.101. The first-order valence-corrected chi connectivity index (χ1v) is 8.57. The summed E-state index contributed by atoms with van der Waals surface area (Å²) in [5.74, 6) is 0. The Kier molecular flexibility index (Phi) is 5.16. The molecule has 0 saturated heterocycles. The van der Waals surface area contributed by atoms with Crippen molar-refractivity contribution < 1.29 is 13.5 Å². The van der Waals surface area contributed by atoms with E-state index >= 15 is 0 Å². The molecule has 2 rings (SSSR count). The first-order valence-electron chi connectivity index (χ1n) is 6.34. The molecule has 0 aromatic heterocycles. The van der Waals surface area contributed by atoms with Gasteiger partial charge < -0.3 is 5.11 Å². The topological polar surface area (TPSA) is 57.6 Å². The van der Waals surface area contributed by atoms with E-state index in [0.717, 1.165) is 10.0 Å². The van der Waals surface area contributed by atoms with Crippen LogP contribution in [0.3, 0.4) is 0 Å². The van der Waals surface area contributed by atoms with Crippen LogP contribution in [0.25, 0.3) is 0 Å². The SMILES string of the molecule is CN(Cc1cccc(Br)c1)S(=O)(=O)c1cccc(CO)c1. The molecular weight excluding hydrogens is 354 g/mol. The van der Waals surface area contributed by atoms with Gasteiger partial charge in [-0.15, -0.1) is 0 Å². The Morgan fingerprint density at radius 2 is 1.76 bits per heavy atom. The number of nitrogens with zero attached hydrogens (tertiary/aromatic N) is 1. The molecule has 0 aliphatic heterocycles. The van der Waals surface area contributed by atoms with Crippen molar-refractivity contribution in [1.29, 1.82) is 0 Å². The van der Waals surface area contributed by atoms with Crippen molar-refractivity contribution in [3.05, 3.63) is 64.1 Å². The minimum absolute atomic E-state index is 0.182. The van der Waals surface area contributed by atoms with Crippen LogP contribution in [0.15, 0.2) is 57.9 Å². The van der Waals surface area contributed by atoms with E-state index in [1.54, 1.807) is 19.2 Å². The number of rotatable bonds is 5. The standard InChI is InChI=1S/C15H16BrNO3S/c1-17(10-12-4-2-6-14(16)8-12)21(19,20)15-7-3-5-13(9-15)11-18/h2-9,18H,10-11H2,1H3. The third kappa shape index (κ3) is 3.91. The van der Waals surface area contributed by atoms with E-state index in [1.165, 1.54) is 16.4 Å². The van der Waals surface area contributed by atoms with Crippen molar-refractivity contribution in [2.24, 2.45) is 0 Å². The zero-order valence-corrected chi connectivity index (χ0v) is 13.9. The van der Waals surface area contributed by atoms with Crippen molar-refractivity contribution in [1.82, 2.24) is 4.31 Å². The van der Waals surface area contributed by atoms with Gasteiger partial charge in [-0.1, -0.05) is 40.2 Å². The van der Waals surface area contributed by atoms with E-state index in [-0.39, 0.29) is 18.0 Å². The lowest BCUT2D eigenvalue weighted by molar-refractivity contribution is 0.281. The van der Waals surface area contributed by atoms with Crippen molar-refractivity contribution in [2.75, 3.05) is 7.05 Å². The molecule has 0 radical (unpaired) electrons. The van der Waals surface area contributed by atoms with E-state index in [0.29, 0.717) is 5.56 Å². The van der Waals surface area contributed by atoms with Crippen molar-refractivity contribution in [2.45, 2.75) is 18.0 Å². The minimum atomic E-state index is -3.58. The predicted molar refractivity (Wildman–Crippen MR) is 85.2 cm³/mol. The Hall–Kier alpha value is -1.21. The molecule has 112 valence electrons. The fourth-order valence-corrected chi connectivity index (χ4v) is 3.64. The van der Waals surface area contributed by atoms with Crippen LogP contribution in [0, 0.1) is 0 Å². The number of halogens is 1. The molecular formula is C15H16BrNO3S. The molecule has 0 saturated carbocycles. The molecule has 0 fully saturated rings. The van der Waals surface area contributed by atoms with Gasteiger partial charge in [0.05, 0.1) is 11.5 Å². The van der Waals surface area contributed by atoms with Gasteiger partial charge >= 0.3 is 0 Å². The van der Waals surface area contributed by atoms with Crippen LogP contribution in [0.5, 0.6) is 0 Å². The van der Waals surface area contributed by atoms with Crippen LogP contribution >= 0.6 is 15.9 Å². The van der Waals surface area contributed by atoms with Crippen LogP contribution in [0.2, 0.25) is 0 Å². The summed E-state index contributed by atoms with van der Waals surface area (Å²) in [5.41, 5.74) is 1.47. The van der Waals surface area contributed by atoms with Crippen molar-refractivity contribution in [3.8, 4) is 0 Å². The molecule has 2 aromatic rings. The van der Waals surface area contributed by atoms with Gasteiger partial charge in [0.25, 0.3) is 0 Å². The Labute approximate surface area is 133 Å². The monoisotopic (exact) mass is 369 g/mol. The maximum atomic E-state index is 12.5. The van der Waals surface area contributed by atoms with Crippen molar-refractivity contribution >= 4 is 26.0 Å². The van der Waals surface area contributed by atoms with Crippen LogP contribution in [0.4, 0.5) is 0 Å². The molecule has 1 N–H and O–H groups in total. The highest BCUT2D eigenvalue weighted by Crippen LogP contribution is 2.19. The lowest BCUT2D eigenvalue weighted by atomic mass is 10.2. The second-order valence-corrected chi connectivity index (χ2v) is 7.66. The molecule has 0 heterocycles. The predicted octanol–water partition coefficient (Wildman–Crippen LogP) is 2.76. The summed E-state index contributed by atoms with van der Waals surface area (Å²) in [6, 6.07) is 13.9. The molecule has 0 aliphatic carbocycles. The summed E-state index contributed by atoms with van der Waals surface area (Å²) in [4.78, 5) is 0.187. The van der Waals surface area contributed by atoms with Gasteiger partial charge in [-0.25, -0.2) is 8.42 Å². The quantitative estimate of drug-likeness (QED) is 0.881. The Bertz CT molecular complexity index is 731. The van der Waals surface area contributed by atoms with Gasteiger partial charge in [-0.2, -0.15) is 4.31 Å². The van der Waals surface area contributed by atoms with Gasteiger partial charge in [0.15, 0.2) is 0 Å². The molecule has 0 spiro atoms. The average molecular weight is 370 g/mol. The molecule has 0 aliphatic rings. The summed E-state index contributed by atoms with van der Waals surface area (Å²) < 4.78 is 27.3. The number of hydrogen-bond acceptors (Lipinski definition) is 3. The highest BCUT2D eigenvalue weighted by molar-refractivity contribution is 9.10. The fourth-order valence-electron chi connectivity index (χ4n) is 1.96. The lowest BCUT2D eigenvalue weighted by Crippen LogP contribution is -2.26. The molecule has 6 heteroatoms. The number of hydrogen-bond donors (Lipinski definition) is 1. The van der Waals surface area contributed by atoms with E-state index in [4.69, 9.17) is 5.11 Å². The summed E-state index contributed by atoms with van der Waals surface area (Å²) in [7, 11) is -2.03. The highest BCUT2D eigenvalue weighted by Gasteiger charge is 2.21. The van der Waals surface area contributed by atoms with E-state index in [9.17, 15) is 8.42 Å². The third-order valence-corrected chi connectivity index (χ3v) is 5.38. The summed E-state index contributed by atoms with van der Waals surface area (Å²) >= 11 is 3.37. The molecule has 21 heavy (non-hydrogen) atoms. The Morgan fingerprint density at radius 1 is 1.10 bits per heavy atom. The fraction of sp³-hybridized carbons (Fsp3) is 0.200. The molecule has 0 atom stereocenters. The van der Waals surface area contributed by atoms with Crippen molar-refractivity contribution in [3.63, 3.8) is 0 Å². The minimum Gasteiger partial charge on any atom is -0.392 e. The van der Waals surface area contributed by atoms with Gasteiger partial charge in [-0.3, -0.25) is 0 Å². The number of benzene rings is 2. The second-order valence-electron chi connectivity index (χ2n) is 4.70. The molecule has 0 unspecified atom stereocenters. The first kappa shape index (κ1) is 16.2. The molecule has 2 aromatic carbocycles. The Morgan fingerprint density at radius 3 is 2.43 bits per heavy atom.